The average Bonchev–Trinajstić information content (AvgIpc) is 3.01. The molecule has 0 aliphatic carbocycles. The van der Waals surface area contributed by atoms with Crippen LogP contribution in [-0.4, -0.2) is 61.2 Å². The molecule has 2 saturated heterocycles. The zero-order valence-electron chi connectivity index (χ0n) is 13.1. The Hall–Kier alpha value is -0.470. The number of hydrogen-bond donors (Lipinski definition) is 0. The van der Waals surface area contributed by atoms with Crippen LogP contribution in [-0.2, 0) is 16.8 Å². The molecule has 124 valence electrons. The van der Waals surface area contributed by atoms with Crippen molar-refractivity contribution in [3.63, 3.8) is 0 Å². The van der Waals surface area contributed by atoms with Gasteiger partial charge in [-0.25, -0.2) is 0 Å². The summed E-state index contributed by atoms with van der Waals surface area (Å²) in [6.07, 6.45) is 1.97. The van der Waals surface area contributed by atoms with Crippen LogP contribution in [0.4, 0.5) is 0 Å². The van der Waals surface area contributed by atoms with Crippen LogP contribution in [0.5, 0.6) is 0 Å². The summed E-state index contributed by atoms with van der Waals surface area (Å²) in [5.41, 5.74) is 0. The first kappa shape index (κ1) is 16.4. The van der Waals surface area contributed by atoms with E-state index in [1.807, 2.05) is 0 Å². The highest BCUT2D eigenvalue weighted by atomic mass is 32.2. The van der Waals surface area contributed by atoms with Gasteiger partial charge in [0, 0.05) is 50.7 Å². The number of hydrogen-bond acceptors (Lipinski definition) is 4. The molecule has 0 radical (unpaired) electrons. The van der Waals surface area contributed by atoms with Gasteiger partial charge < -0.3 is 0 Å². The van der Waals surface area contributed by atoms with Crippen molar-refractivity contribution in [1.29, 1.82) is 0 Å². The minimum atomic E-state index is -3.25. The van der Waals surface area contributed by atoms with Gasteiger partial charge in [-0.2, -0.15) is 17.0 Å². The molecule has 3 heterocycles. The van der Waals surface area contributed by atoms with Crippen molar-refractivity contribution in [2.45, 2.75) is 26.3 Å². The van der Waals surface area contributed by atoms with Crippen LogP contribution in [0.15, 0.2) is 17.5 Å². The lowest BCUT2D eigenvalue weighted by Crippen LogP contribution is -2.53. The third-order valence-corrected chi connectivity index (χ3v) is 7.58. The van der Waals surface area contributed by atoms with Gasteiger partial charge >= 0.3 is 0 Å². The largest absolute Gasteiger partial charge is 0.296 e. The predicted molar refractivity (Wildman–Crippen MR) is 90.1 cm³/mol. The van der Waals surface area contributed by atoms with Crippen molar-refractivity contribution in [3.05, 3.63) is 22.4 Å². The highest BCUT2D eigenvalue weighted by Gasteiger charge is 2.33. The lowest BCUT2D eigenvalue weighted by atomic mass is 10.0. The summed E-state index contributed by atoms with van der Waals surface area (Å²) in [7, 11) is -3.25. The van der Waals surface area contributed by atoms with E-state index in [-0.39, 0.29) is 0 Å². The number of piperazine rings is 1. The molecule has 0 atom stereocenters. The van der Waals surface area contributed by atoms with E-state index in [9.17, 15) is 8.42 Å². The number of rotatable bonds is 4. The van der Waals surface area contributed by atoms with Crippen LogP contribution < -0.4 is 0 Å². The Morgan fingerprint density at radius 3 is 2.32 bits per heavy atom. The quantitative estimate of drug-likeness (QED) is 0.838. The Labute approximate surface area is 137 Å². The maximum atomic E-state index is 12.7. The fourth-order valence-electron chi connectivity index (χ4n) is 3.12. The van der Waals surface area contributed by atoms with Gasteiger partial charge in [-0.05, 0) is 30.2 Å². The molecule has 2 aliphatic heterocycles. The van der Waals surface area contributed by atoms with Gasteiger partial charge in [0.05, 0.1) is 0 Å². The summed E-state index contributed by atoms with van der Waals surface area (Å²) in [5.74, 6) is 0.647. The first-order chi connectivity index (χ1) is 10.6. The maximum Gasteiger partial charge on any atom is 0.282 e. The summed E-state index contributed by atoms with van der Waals surface area (Å²) in [5, 5.41) is 2.09. The first-order valence-electron chi connectivity index (χ1n) is 8.05. The van der Waals surface area contributed by atoms with Crippen molar-refractivity contribution in [2.24, 2.45) is 5.92 Å². The highest BCUT2D eigenvalue weighted by Crippen LogP contribution is 2.22. The zero-order chi connectivity index (χ0) is 15.6. The van der Waals surface area contributed by atoms with E-state index in [0.29, 0.717) is 32.1 Å². The van der Waals surface area contributed by atoms with Gasteiger partial charge in [-0.3, -0.25) is 4.90 Å². The van der Waals surface area contributed by atoms with E-state index >= 15 is 0 Å². The van der Waals surface area contributed by atoms with Crippen molar-refractivity contribution < 1.29 is 8.42 Å². The minimum Gasteiger partial charge on any atom is -0.296 e. The number of nitrogens with zero attached hydrogens (tertiary/aromatic N) is 3. The van der Waals surface area contributed by atoms with E-state index in [0.717, 1.165) is 32.5 Å². The average molecular weight is 344 g/mol. The molecule has 7 heteroatoms. The lowest BCUT2D eigenvalue weighted by Gasteiger charge is -2.38. The van der Waals surface area contributed by atoms with Crippen LogP contribution in [0.3, 0.4) is 0 Å². The molecule has 5 nitrogen and oxygen atoms in total. The van der Waals surface area contributed by atoms with Gasteiger partial charge in [-0.15, -0.1) is 11.3 Å². The molecular formula is C15H25N3O2S2. The number of thiophene rings is 1. The van der Waals surface area contributed by atoms with Gasteiger partial charge in [0.1, 0.15) is 0 Å². The lowest BCUT2D eigenvalue weighted by molar-refractivity contribution is 0.171. The second kappa shape index (κ2) is 6.97. The standard InChI is InChI=1S/C15H25N3O2S2/c1-14-4-6-17(7-5-14)22(19,20)18-10-8-16(9-11-18)13-15-3-2-12-21-15/h2-3,12,14H,4-11,13H2,1H3. The minimum absolute atomic E-state index is 0.611. The summed E-state index contributed by atoms with van der Waals surface area (Å²) < 4.78 is 28.8. The SMILES string of the molecule is CC1CCN(S(=O)(=O)N2CCN(Cc3cccs3)CC2)CC1. The van der Waals surface area contributed by atoms with E-state index in [1.165, 1.54) is 4.88 Å². The molecule has 0 amide bonds. The Bertz CT molecular complexity index is 558. The summed E-state index contributed by atoms with van der Waals surface area (Å²) in [6, 6.07) is 4.21. The van der Waals surface area contributed by atoms with Gasteiger partial charge in [0.15, 0.2) is 0 Å². The highest BCUT2D eigenvalue weighted by molar-refractivity contribution is 7.86. The molecule has 2 fully saturated rings. The van der Waals surface area contributed by atoms with Crippen LogP contribution in [0.2, 0.25) is 0 Å². The maximum absolute atomic E-state index is 12.7. The zero-order valence-corrected chi connectivity index (χ0v) is 14.8. The molecule has 0 aromatic carbocycles. The van der Waals surface area contributed by atoms with Gasteiger partial charge in [0.25, 0.3) is 10.2 Å². The van der Waals surface area contributed by atoms with E-state index in [4.69, 9.17) is 0 Å². The summed E-state index contributed by atoms with van der Waals surface area (Å²) in [6.45, 7) is 7.36. The molecule has 0 spiro atoms. The fraction of sp³-hybridized carbons (Fsp3) is 0.733. The summed E-state index contributed by atoms with van der Waals surface area (Å²) in [4.78, 5) is 3.69. The Morgan fingerprint density at radius 1 is 1.09 bits per heavy atom. The van der Waals surface area contributed by atoms with Crippen LogP contribution >= 0.6 is 11.3 Å². The fourth-order valence-corrected chi connectivity index (χ4v) is 5.49. The monoisotopic (exact) mass is 343 g/mol. The normalized spacial score (nSPS) is 23.9. The van der Waals surface area contributed by atoms with Gasteiger partial charge in [-0.1, -0.05) is 13.0 Å². The van der Waals surface area contributed by atoms with E-state index in [2.05, 4.69) is 29.3 Å². The van der Waals surface area contributed by atoms with Crippen molar-refractivity contribution >= 4 is 21.5 Å². The second-order valence-electron chi connectivity index (χ2n) is 6.34. The van der Waals surface area contributed by atoms with Crippen molar-refractivity contribution in [2.75, 3.05) is 39.3 Å². The third kappa shape index (κ3) is 3.71. The Morgan fingerprint density at radius 2 is 1.73 bits per heavy atom. The van der Waals surface area contributed by atoms with Gasteiger partial charge in [0.2, 0.25) is 0 Å². The molecule has 0 bridgehead atoms. The Kier molecular flexibility index (Phi) is 5.19. The number of piperidine rings is 1. The molecule has 0 saturated carbocycles. The molecule has 2 aliphatic rings. The second-order valence-corrected chi connectivity index (χ2v) is 9.30. The van der Waals surface area contributed by atoms with Crippen LogP contribution in [0, 0.1) is 5.92 Å². The van der Waals surface area contributed by atoms with E-state index < -0.39 is 10.2 Å². The van der Waals surface area contributed by atoms with Crippen LogP contribution in [0.1, 0.15) is 24.6 Å². The Balaban J connectivity index is 1.54. The third-order valence-electron chi connectivity index (χ3n) is 4.69. The van der Waals surface area contributed by atoms with E-state index in [1.54, 1.807) is 19.9 Å². The predicted octanol–water partition coefficient (Wildman–Crippen LogP) is 1.84. The molecule has 22 heavy (non-hydrogen) atoms. The molecule has 0 unspecified atom stereocenters. The topological polar surface area (TPSA) is 43.9 Å². The van der Waals surface area contributed by atoms with Crippen molar-refractivity contribution in [3.8, 4) is 0 Å². The molecular weight excluding hydrogens is 318 g/mol. The smallest absolute Gasteiger partial charge is 0.282 e. The molecule has 3 rings (SSSR count). The van der Waals surface area contributed by atoms with Crippen LogP contribution in [0.25, 0.3) is 0 Å². The molecule has 1 aromatic rings. The summed E-state index contributed by atoms with van der Waals surface area (Å²) >= 11 is 1.76. The van der Waals surface area contributed by atoms with Crippen molar-refractivity contribution in [1.82, 2.24) is 13.5 Å². The first-order valence-corrected chi connectivity index (χ1v) is 10.3. The molecule has 1 aromatic heterocycles. The molecule has 0 N–H and O–H groups in total.